The van der Waals surface area contributed by atoms with Gasteiger partial charge in [-0.15, -0.1) is 0 Å². The molecule has 0 aromatic heterocycles. The Morgan fingerprint density at radius 3 is 2.34 bits per heavy atom. The molecule has 1 aromatic carbocycles. The van der Waals surface area contributed by atoms with Crippen LogP contribution in [0.2, 0.25) is 0 Å². The molecule has 9 heteroatoms. The summed E-state index contributed by atoms with van der Waals surface area (Å²) in [6.45, 7) is 9.21. The Morgan fingerprint density at radius 2 is 1.77 bits per heavy atom. The Morgan fingerprint density at radius 1 is 1.09 bits per heavy atom. The zero-order valence-corrected chi connectivity index (χ0v) is 22.1. The lowest BCUT2D eigenvalue weighted by molar-refractivity contribution is -0.126. The van der Waals surface area contributed by atoms with E-state index in [4.69, 9.17) is 25.7 Å². The highest BCUT2D eigenvalue weighted by atomic mass is 16.5. The van der Waals surface area contributed by atoms with Crippen LogP contribution in [0.25, 0.3) is 0 Å². The van der Waals surface area contributed by atoms with Crippen molar-refractivity contribution in [1.82, 2.24) is 5.32 Å². The van der Waals surface area contributed by atoms with Crippen molar-refractivity contribution >= 4 is 11.8 Å². The second-order valence-corrected chi connectivity index (χ2v) is 9.54. The van der Waals surface area contributed by atoms with E-state index in [0.29, 0.717) is 55.0 Å². The first-order chi connectivity index (χ1) is 16.5. The number of aliphatic hydroxyl groups excluding tert-OH is 1. The lowest BCUT2D eigenvalue weighted by Crippen LogP contribution is -2.45. The summed E-state index contributed by atoms with van der Waals surface area (Å²) in [5.41, 5.74) is 12.4. The number of benzene rings is 1. The van der Waals surface area contributed by atoms with Gasteiger partial charge in [-0.3, -0.25) is 9.59 Å². The van der Waals surface area contributed by atoms with Crippen LogP contribution in [0.3, 0.4) is 0 Å². The standard InChI is InChI=1S/C26H45N3O6/c1-16(2)17(3)14-20(27)25(31)24(18(4)26(32)29-11-10-23(28)30)19-8-9-21(34-6)22(15-19)35-13-7-12-33-5/h8-9,15-18,20,24-25,31H,7,10-14,27H2,1-6H3,(H2,28,30)(H,29,32)/t17-,18+,20-,24?,25+/m0/s1. The van der Waals surface area contributed by atoms with E-state index in [9.17, 15) is 14.7 Å². The molecule has 0 fully saturated rings. The molecule has 0 aliphatic carbocycles. The van der Waals surface area contributed by atoms with E-state index in [-0.39, 0.29) is 18.9 Å². The monoisotopic (exact) mass is 495 g/mol. The molecular weight excluding hydrogens is 450 g/mol. The summed E-state index contributed by atoms with van der Waals surface area (Å²) in [6, 6.07) is 4.85. The number of nitrogens with one attached hydrogen (secondary N) is 1. The normalized spacial score (nSPS) is 15.7. The highest BCUT2D eigenvalue weighted by Crippen LogP contribution is 2.37. The molecule has 0 spiro atoms. The SMILES string of the molecule is COCCCOc1cc(C([C@@H](C)C(=O)NCCC(N)=O)[C@H](O)[C@@H](N)C[C@H](C)C(C)C)ccc1OC. The number of hydrogen-bond donors (Lipinski definition) is 4. The van der Waals surface area contributed by atoms with Crippen LogP contribution in [0.5, 0.6) is 11.5 Å². The summed E-state index contributed by atoms with van der Waals surface area (Å²) in [6.07, 6.45) is 0.371. The Hall–Kier alpha value is -2.36. The number of hydrogen-bond acceptors (Lipinski definition) is 7. The summed E-state index contributed by atoms with van der Waals surface area (Å²) < 4.78 is 16.4. The number of carbonyl (C=O) groups is 2. The molecule has 200 valence electrons. The average Bonchev–Trinajstić information content (AvgIpc) is 2.81. The third-order valence-corrected chi connectivity index (χ3v) is 6.53. The molecule has 0 aliphatic rings. The molecular formula is C26H45N3O6. The van der Waals surface area contributed by atoms with Crippen molar-refractivity contribution in [3.8, 4) is 11.5 Å². The van der Waals surface area contributed by atoms with Crippen LogP contribution in [-0.4, -0.2) is 63.0 Å². The van der Waals surface area contributed by atoms with E-state index >= 15 is 0 Å². The number of aliphatic hydroxyl groups is 1. The maximum Gasteiger partial charge on any atom is 0.223 e. The van der Waals surface area contributed by atoms with Crippen LogP contribution < -0.4 is 26.3 Å². The van der Waals surface area contributed by atoms with E-state index in [0.717, 1.165) is 0 Å². The van der Waals surface area contributed by atoms with Crippen molar-refractivity contribution in [3.63, 3.8) is 0 Å². The van der Waals surface area contributed by atoms with E-state index in [1.54, 1.807) is 33.3 Å². The maximum atomic E-state index is 13.0. The third kappa shape index (κ3) is 10.0. The molecule has 35 heavy (non-hydrogen) atoms. The lowest BCUT2D eigenvalue weighted by atomic mass is 9.77. The van der Waals surface area contributed by atoms with E-state index in [2.05, 4.69) is 26.1 Å². The minimum Gasteiger partial charge on any atom is -0.493 e. The summed E-state index contributed by atoms with van der Waals surface area (Å²) >= 11 is 0. The number of rotatable bonds is 17. The molecule has 5 atom stereocenters. The number of nitrogens with two attached hydrogens (primary N) is 2. The van der Waals surface area contributed by atoms with Gasteiger partial charge >= 0.3 is 0 Å². The van der Waals surface area contributed by atoms with Gasteiger partial charge in [0, 0.05) is 51.0 Å². The van der Waals surface area contributed by atoms with Crippen molar-refractivity contribution in [3.05, 3.63) is 23.8 Å². The number of carbonyl (C=O) groups excluding carboxylic acids is 2. The first-order valence-electron chi connectivity index (χ1n) is 12.3. The van der Waals surface area contributed by atoms with Crippen molar-refractivity contribution in [1.29, 1.82) is 0 Å². The second kappa shape index (κ2) is 15.6. The minimum absolute atomic E-state index is 0.0408. The predicted octanol–water partition coefficient (Wildman–Crippen LogP) is 2.19. The predicted molar refractivity (Wildman–Crippen MR) is 136 cm³/mol. The molecule has 6 N–H and O–H groups in total. The molecule has 0 aliphatic heterocycles. The first kappa shape index (κ1) is 30.7. The highest BCUT2D eigenvalue weighted by Gasteiger charge is 2.36. The highest BCUT2D eigenvalue weighted by molar-refractivity contribution is 5.80. The second-order valence-electron chi connectivity index (χ2n) is 9.54. The Kier molecular flexibility index (Phi) is 13.7. The molecule has 0 saturated heterocycles. The quantitative estimate of drug-likeness (QED) is 0.242. The van der Waals surface area contributed by atoms with Gasteiger partial charge in [-0.1, -0.05) is 33.8 Å². The van der Waals surface area contributed by atoms with Crippen LogP contribution in [0, 0.1) is 17.8 Å². The summed E-state index contributed by atoms with van der Waals surface area (Å²) in [4.78, 5) is 24.0. The van der Waals surface area contributed by atoms with Gasteiger partial charge in [-0.2, -0.15) is 0 Å². The average molecular weight is 496 g/mol. The minimum atomic E-state index is -0.983. The molecule has 9 nitrogen and oxygen atoms in total. The van der Waals surface area contributed by atoms with Crippen LogP contribution in [0.4, 0.5) is 0 Å². The van der Waals surface area contributed by atoms with Gasteiger partial charge < -0.3 is 36.1 Å². The van der Waals surface area contributed by atoms with Crippen LogP contribution >= 0.6 is 0 Å². The fourth-order valence-electron chi connectivity index (χ4n) is 3.92. The van der Waals surface area contributed by atoms with Gasteiger partial charge in [-0.05, 0) is 36.0 Å². The van der Waals surface area contributed by atoms with Gasteiger partial charge in [0.2, 0.25) is 11.8 Å². The molecule has 2 amide bonds. The summed E-state index contributed by atoms with van der Waals surface area (Å²) in [7, 11) is 3.19. The number of amides is 2. The van der Waals surface area contributed by atoms with Crippen LogP contribution in [-0.2, 0) is 14.3 Å². The van der Waals surface area contributed by atoms with Gasteiger partial charge in [0.25, 0.3) is 0 Å². The van der Waals surface area contributed by atoms with Crippen molar-refractivity contribution in [2.24, 2.45) is 29.2 Å². The van der Waals surface area contributed by atoms with E-state index in [1.807, 2.05) is 6.07 Å². The van der Waals surface area contributed by atoms with Crippen LogP contribution in [0.15, 0.2) is 18.2 Å². The van der Waals surface area contributed by atoms with Gasteiger partial charge in [-0.25, -0.2) is 0 Å². The largest absolute Gasteiger partial charge is 0.493 e. The Balaban J connectivity index is 3.26. The number of ether oxygens (including phenoxy) is 3. The van der Waals surface area contributed by atoms with Crippen molar-refractivity contribution in [2.75, 3.05) is 34.0 Å². The zero-order valence-electron chi connectivity index (χ0n) is 22.1. The molecule has 0 bridgehead atoms. The summed E-state index contributed by atoms with van der Waals surface area (Å²) in [5.74, 6) is -0.245. The molecule has 0 saturated carbocycles. The Labute approximate surface area is 209 Å². The smallest absolute Gasteiger partial charge is 0.223 e. The fourth-order valence-corrected chi connectivity index (χ4v) is 3.92. The van der Waals surface area contributed by atoms with E-state index in [1.165, 1.54) is 0 Å². The first-order valence-corrected chi connectivity index (χ1v) is 12.3. The third-order valence-electron chi connectivity index (χ3n) is 6.53. The van der Waals surface area contributed by atoms with Crippen molar-refractivity contribution < 1.29 is 28.9 Å². The van der Waals surface area contributed by atoms with Crippen molar-refractivity contribution in [2.45, 2.75) is 65.0 Å². The zero-order chi connectivity index (χ0) is 26.5. The molecule has 0 radical (unpaired) electrons. The molecule has 1 aromatic rings. The number of primary amides is 1. The van der Waals surface area contributed by atoms with Gasteiger partial charge in [0.1, 0.15) is 0 Å². The van der Waals surface area contributed by atoms with Gasteiger partial charge in [0.05, 0.1) is 19.8 Å². The van der Waals surface area contributed by atoms with E-state index < -0.39 is 29.9 Å². The van der Waals surface area contributed by atoms with Gasteiger partial charge in [0.15, 0.2) is 11.5 Å². The molecule has 0 heterocycles. The molecule has 1 unspecified atom stereocenters. The Bertz CT molecular complexity index is 788. The topological polar surface area (TPSA) is 146 Å². The number of methoxy groups -OCH3 is 2. The molecule has 1 rings (SSSR count). The van der Waals surface area contributed by atoms with Crippen LogP contribution in [0.1, 0.15) is 58.4 Å². The maximum absolute atomic E-state index is 13.0. The lowest BCUT2D eigenvalue weighted by Gasteiger charge is -2.33. The summed E-state index contributed by atoms with van der Waals surface area (Å²) in [5, 5.41) is 14.1. The fraction of sp³-hybridized carbons (Fsp3) is 0.692.